The maximum absolute atomic E-state index is 13.2. The number of carbonyl (C=O) groups is 3. The number of nitrogen functional groups attached to an aromatic ring is 1. The molecule has 1 spiro atoms. The summed E-state index contributed by atoms with van der Waals surface area (Å²) < 4.78 is 14.6. The van der Waals surface area contributed by atoms with Crippen LogP contribution in [0.5, 0.6) is 0 Å². The van der Waals surface area contributed by atoms with Crippen molar-refractivity contribution in [3.05, 3.63) is 41.3 Å². The number of hydrogen-bond acceptors (Lipinski definition) is 6. The third-order valence-corrected chi connectivity index (χ3v) is 6.09. The number of rotatable bonds is 7. The van der Waals surface area contributed by atoms with Gasteiger partial charge in [0, 0.05) is 6.54 Å². The standard InChI is InChI=1S/C22H24FN7O3/c23-14-5-7-15(8-6-14)30-19(25)16(12-24)17(28-30)4-3-11-26-18(31)13-29-20(32)22(27-21(29)33)9-1-2-10-22/h5-8H,1-4,9-11,13,25H2,(H,26,31)(H,27,33). The lowest BCUT2D eigenvalue weighted by Gasteiger charge is -2.19. The van der Waals surface area contributed by atoms with Crippen LogP contribution in [-0.4, -0.2) is 51.2 Å². The van der Waals surface area contributed by atoms with Crippen molar-refractivity contribution >= 4 is 23.7 Å². The zero-order chi connectivity index (χ0) is 23.6. The normalized spacial score (nSPS) is 16.8. The molecule has 1 saturated heterocycles. The van der Waals surface area contributed by atoms with Crippen LogP contribution in [0.1, 0.15) is 43.4 Å². The number of aryl methyl sites for hydroxylation is 1. The Labute approximate surface area is 189 Å². The highest BCUT2D eigenvalue weighted by Crippen LogP contribution is 2.34. The van der Waals surface area contributed by atoms with Crippen LogP contribution in [0.15, 0.2) is 24.3 Å². The Morgan fingerprint density at radius 3 is 2.64 bits per heavy atom. The molecule has 0 radical (unpaired) electrons. The van der Waals surface area contributed by atoms with Gasteiger partial charge in [0.05, 0.1) is 11.4 Å². The third-order valence-electron chi connectivity index (χ3n) is 6.09. The Morgan fingerprint density at radius 1 is 1.27 bits per heavy atom. The van der Waals surface area contributed by atoms with Crippen molar-refractivity contribution in [3.8, 4) is 11.8 Å². The fourth-order valence-electron chi connectivity index (χ4n) is 4.37. The summed E-state index contributed by atoms with van der Waals surface area (Å²) in [7, 11) is 0. The number of nitrogens with one attached hydrogen (secondary N) is 2. The Morgan fingerprint density at radius 2 is 1.97 bits per heavy atom. The third kappa shape index (κ3) is 4.24. The lowest BCUT2D eigenvalue weighted by molar-refractivity contribution is -0.134. The molecule has 172 valence electrons. The van der Waals surface area contributed by atoms with Crippen LogP contribution in [0.4, 0.5) is 15.0 Å². The van der Waals surface area contributed by atoms with E-state index in [1.165, 1.54) is 28.9 Å². The van der Waals surface area contributed by atoms with Crippen molar-refractivity contribution < 1.29 is 18.8 Å². The average Bonchev–Trinajstić information content (AvgIpc) is 3.45. The van der Waals surface area contributed by atoms with Crippen molar-refractivity contribution in [2.24, 2.45) is 0 Å². The highest BCUT2D eigenvalue weighted by molar-refractivity contribution is 6.09. The first-order chi connectivity index (χ1) is 15.8. The van der Waals surface area contributed by atoms with Gasteiger partial charge in [0.15, 0.2) is 0 Å². The Hall–Kier alpha value is -3.94. The molecule has 0 bridgehead atoms. The van der Waals surface area contributed by atoms with Crippen molar-refractivity contribution in [3.63, 3.8) is 0 Å². The van der Waals surface area contributed by atoms with E-state index < -0.39 is 23.3 Å². The summed E-state index contributed by atoms with van der Waals surface area (Å²) in [5, 5.41) is 19.3. The van der Waals surface area contributed by atoms with Crippen molar-refractivity contribution in [1.29, 1.82) is 5.26 Å². The summed E-state index contributed by atoms with van der Waals surface area (Å²) >= 11 is 0. The van der Waals surface area contributed by atoms with Gasteiger partial charge in [-0.25, -0.2) is 13.9 Å². The van der Waals surface area contributed by atoms with Gasteiger partial charge in [0.25, 0.3) is 5.91 Å². The van der Waals surface area contributed by atoms with E-state index in [2.05, 4.69) is 15.7 Å². The van der Waals surface area contributed by atoms with Crippen LogP contribution in [0.3, 0.4) is 0 Å². The summed E-state index contributed by atoms with van der Waals surface area (Å²) in [5.41, 5.74) is 6.42. The molecule has 2 aromatic rings. The maximum Gasteiger partial charge on any atom is 0.325 e. The lowest BCUT2D eigenvalue weighted by atomic mass is 9.98. The minimum absolute atomic E-state index is 0.155. The van der Waals surface area contributed by atoms with E-state index in [0.717, 1.165) is 17.7 Å². The molecule has 1 aliphatic carbocycles. The summed E-state index contributed by atoms with van der Waals surface area (Å²) in [4.78, 5) is 38.1. The van der Waals surface area contributed by atoms with Gasteiger partial charge in [0.1, 0.15) is 35.4 Å². The first kappa shape index (κ1) is 22.3. The summed E-state index contributed by atoms with van der Waals surface area (Å²) in [6, 6.07) is 7.08. The molecule has 4 N–H and O–H groups in total. The van der Waals surface area contributed by atoms with E-state index in [4.69, 9.17) is 5.73 Å². The minimum Gasteiger partial charge on any atom is -0.382 e. The van der Waals surface area contributed by atoms with E-state index in [1.54, 1.807) is 0 Å². The van der Waals surface area contributed by atoms with Crippen molar-refractivity contribution in [2.75, 3.05) is 18.8 Å². The molecule has 1 saturated carbocycles. The van der Waals surface area contributed by atoms with Crippen LogP contribution in [-0.2, 0) is 16.0 Å². The maximum atomic E-state index is 13.2. The summed E-state index contributed by atoms with van der Waals surface area (Å²) in [6.45, 7) is -0.0657. The Bertz CT molecular complexity index is 1130. The van der Waals surface area contributed by atoms with Gasteiger partial charge in [0.2, 0.25) is 5.91 Å². The molecule has 0 unspecified atom stereocenters. The Kier molecular flexibility index (Phi) is 6.00. The van der Waals surface area contributed by atoms with Gasteiger partial charge in [-0.15, -0.1) is 0 Å². The fourth-order valence-corrected chi connectivity index (χ4v) is 4.37. The second-order valence-electron chi connectivity index (χ2n) is 8.27. The number of nitrogens with zero attached hydrogens (tertiary/aromatic N) is 4. The largest absolute Gasteiger partial charge is 0.382 e. The van der Waals surface area contributed by atoms with Crippen LogP contribution >= 0.6 is 0 Å². The van der Waals surface area contributed by atoms with Crippen molar-refractivity contribution in [2.45, 2.75) is 44.1 Å². The first-order valence-electron chi connectivity index (χ1n) is 10.8. The molecule has 1 aliphatic heterocycles. The van der Waals surface area contributed by atoms with Gasteiger partial charge in [-0.05, 0) is 49.9 Å². The van der Waals surface area contributed by atoms with Gasteiger partial charge in [-0.2, -0.15) is 10.4 Å². The molecule has 2 fully saturated rings. The number of anilines is 1. The number of amides is 4. The van der Waals surface area contributed by atoms with Gasteiger partial charge in [-0.1, -0.05) is 12.8 Å². The van der Waals surface area contributed by atoms with E-state index in [0.29, 0.717) is 37.1 Å². The number of urea groups is 1. The molecule has 10 nitrogen and oxygen atoms in total. The van der Waals surface area contributed by atoms with E-state index in [-0.39, 0.29) is 30.4 Å². The Balaban J connectivity index is 1.31. The number of halogens is 1. The summed E-state index contributed by atoms with van der Waals surface area (Å²) in [6.07, 6.45) is 3.78. The molecule has 2 aliphatic rings. The molecule has 4 amide bonds. The molecular formula is C22H24FN7O3. The number of nitriles is 1. The van der Waals surface area contributed by atoms with Gasteiger partial charge >= 0.3 is 6.03 Å². The highest BCUT2D eigenvalue weighted by Gasteiger charge is 2.52. The van der Waals surface area contributed by atoms with Crippen LogP contribution < -0.4 is 16.4 Å². The predicted molar refractivity (Wildman–Crippen MR) is 115 cm³/mol. The first-order valence-corrected chi connectivity index (χ1v) is 10.8. The van der Waals surface area contributed by atoms with Crippen LogP contribution in [0, 0.1) is 17.1 Å². The van der Waals surface area contributed by atoms with E-state index >= 15 is 0 Å². The van der Waals surface area contributed by atoms with E-state index in [9.17, 15) is 24.0 Å². The zero-order valence-corrected chi connectivity index (χ0v) is 17.9. The molecule has 1 aromatic heterocycles. The number of aromatic nitrogens is 2. The molecule has 1 aromatic carbocycles. The number of nitrogens with two attached hydrogens (primary N) is 1. The SMILES string of the molecule is N#Cc1c(CCCNC(=O)CN2C(=O)NC3(CCCC3)C2=O)nn(-c2ccc(F)cc2)c1N. The predicted octanol–water partition coefficient (Wildman–Crippen LogP) is 1.38. The molecule has 4 rings (SSSR count). The smallest absolute Gasteiger partial charge is 0.325 e. The van der Waals surface area contributed by atoms with Gasteiger partial charge in [-0.3, -0.25) is 14.5 Å². The molecule has 2 heterocycles. The summed E-state index contributed by atoms with van der Waals surface area (Å²) in [5.74, 6) is -1.01. The second kappa shape index (κ2) is 8.90. The van der Waals surface area contributed by atoms with Crippen LogP contribution in [0.2, 0.25) is 0 Å². The van der Waals surface area contributed by atoms with Gasteiger partial charge < -0.3 is 16.4 Å². The number of benzene rings is 1. The van der Waals surface area contributed by atoms with E-state index in [1.807, 2.05) is 6.07 Å². The molecule has 33 heavy (non-hydrogen) atoms. The minimum atomic E-state index is -0.839. The van der Waals surface area contributed by atoms with Crippen molar-refractivity contribution in [1.82, 2.24) is 25.3 Å². The zero-order valence-electron chi connectivity index (χ0n) is 17.9. The number of carbonyl (C=O) groups excluding carboxylic acids is 3. The average molecular weight is 453 g/mol. The number of hydrogen-bond donors (Lipinski definition) is 3. The monoisotopic (exact) mass is 453 g/mol. The van der Waals surface area contributed by atoms with Crippen LogP contribution in [0.25, 0.3) is 5.69 Å². The lowest BCUT2D eigenvalue weighted by Crippen LogP contribution is -2.45. The molecular weight excluding hydrogens is 429 g/mol. The fraction of sp³-hybridized carbons (Fsp3) is 0.409. The highest BCUT2D eigenvalue weighted by atomic mass is 19.1. The quantitative estimate of drug-likeness (QED) is 0.426. The number of imide groups is 1. The molecule has 11 heteroatoms. The topological polar surface area (TPSA) is 146 Å². The second-order valence-corrected chi connectivity index (χ2v) is 8.27. The molecule has 0 atom stereocenters.